The normalized spacial score (nSPS) is 10.5. The first-order valence-electron chi connectivity index (χ1n) is 6.30. The van der Waals surface area contributed by atoms with Gasteiger partial charge >= 0.3 is 0 Å². The largest absolute Gasteiger partial charge is 0.397 e. The van der Waals surface area contributed by atoms with Gasteiger partial charge in [-0.15, -0.1) is 0 Å². The number of nitrogen functional groups attached to an aromatic ring is 1. The van der Waals surface area contributed by atoms with Crippen molar-refractivity contribution in [1.29, 1.82) is 0 Å². The third kappa shape index (κ3) is 2.59. The van der Waals surface area contributed by atoms with Gasteiger partial charge in [-0.3, -0.25) is 9.78 Å². The van der Waals surface area contributed by atoms with Crippen LogP contribution in [0.15, 0.2) is 48.8 Å². The number of carbonyl (C=O) groups excluding carboxylic acids is 1. The first kappa shape index (κ1) is 12.9. The van der Waals surface area contributed by atoms with E-state index < -0.39 is 5.91 Å². The molecule has 0 bridgehead atoms. The zero-order valence-electron chi connectivity index (χ0n) is 11.1. The maximum atomic E-state index is 11.4. The van der Waals surface area contributed by atoms with E-state index in [1.54, 1.807) is 6.20 Å². The molecule has 6 nitrogen and oxygen atoms in total. The highest BCUT2D eigenvalue weighted by molar-refractivity contribution is 5.99. The number of fused-ring (bicyclic) bond motifs is 1. The molecule has 0 unspecified atom stereocenters. The minimum absolute atomic E-state index is 0.239. The zero-order valence-corrected chi connectivity index (χ0v) is 11.1. The van der Waals surface area contributed by atoms with Gasteiger partial charge in [0.2, 0.25) is 0 Å². The highest BCUT2D eigenvalue weighted by Gasteiger charge is 2.11. The Morgan fingerprint density at radius 2 is 1.90 bits per heavy atom. The summed E-state index contributed by atoms with van der Waals surface area (Å²) in [5.41, 5.74) is 13.2. The first-order chi connectivity index (χ1) is 10.1. The molecule has 1 aromatic carbocycles. The molecule has 1 amide bonds. The summed E-state index contributed by atoms with van der Waals surface area (Å²) in [6.45, 7) is 0. The molecule has 0 radical (unpaired) electrons. The van der Waals surface area contributed by atoms with Gasteiger partial charge in [-0.2, -0.15) is 0 Å². The number of hydrogen-bond donors (Lipinski definition) is 3. The molecule has 0 aliphatic rings. The van der Waals surface area contributed by atoms with Crippen LogP contribution in [0.25, 0.3) is 10.9 Å². The number of aromatic nitrogens is 2. The Morgan fingerprint density at radius 1 is 1.10 bits per heavy atom. The molecule has 0 aliphatic carbocycles. The van der Waals surface area contributed by atoms with Crippen LogP contribution in [0.5, 0.6) is 0 Å². The summed E-state index contributed by atoms with van der Waals surface area (Å²) < 4.78 is 0. The molecular formula is C15H13N5O. The standard InChI is InChI=1S/C15H13N5O/c16-10-6-12(14(17)21)15(19-7-10)20-11-5-9-3-1-2-4-13(9)18-8-11/h1-8H,16H2,(H2,17,21)(H,19,20). The van der Waals surface area contributed by atoms with E-state index in [1.165, 1.54) is 12.3 Å². The van der Waals surface area contributed by atoms with Gasteiger partial charge in [0.05, 0.1) is 34.8 Å². The van der Waals surface area contributed by atoms with Crippen LogP contribution in [0.3, 0.4) is 0 Å². The fourth-order valence-electron chi connectivity index (χ4n) is 2.04. The number of nitrogens with zero attached hydrogens (tertiary/aromatic N) is 2. The number of nitrogens with one attached hydrogen (secondary N) is 1. The van der Waals surface area contributed by atoms with Crippen molar-refractivity contribution >= 4 is 34.0 Å². The van der Waals surface area contributed by atoms with Crippen molar-refractivity contribution in [3.05, 3.63) is 54.4 Å². The van der Waals surface area contributed by atoms with Gasteiger partial charge < -0.3 is 16.8 Å². The van der Waals surface area contributed by atoms with Gasteiger partial charge in [0.25, 0.3) is 5.91 Å². The topological polar surface area (TPSA) is 107 Å². The maximum absolute atomic E-state index is 11.4. The van der Waals surface area contributed by atoms with Crippen LogP contribution in [-0.2, 0) is 0 Å². The molecular weight excluding hydrogens is 266 g/mol. The summed E-state index contributed by atoms with van der Waals surface area (Å²) >= 11 is 0. The lowest BCUT2D eigenvalue weighted by Gasteiger charge is -2.10. The van der Waals surface area contributed by atoms with E-state index in [1.807, 2.05) is 30.3 Å². The fourth-order valence-corrected chi connectivity index (χ4v) is 2.04. The van der Waals surface area contributed by atoms with Crippen molar-refractivity contribution in [2.24, 2.45) is 5.73 Å². The number of hydrogen-bond acceptors (Lipinski definition) is 5. The lowest BCUT2D eigenvalue weighted by molar-refractivity contribution is 0.100. The van der Waals surface area contributed by atoms with E-state index >= 15 is 0 Å². The van der Waals surface area contributed by atoms with E-state index in [2.05, 4.69) is 15.3 Å². The van der Waals surface area contributed by atoms with Gasteiger partial charge in [-0.1, -0.05) is 18.2 Å². The predicted octanol–water partition coefficient (Wildman–Crippen LogP) is 2.05. The molecule has 0 saturated carbocycles. The number of pyridine rings is 2. The summed E-state index contributed by atoms with van der Waals surface area (Å²) in [6, 6.07) is 11.2. The average molecular weight is 279 g/mol. The highest BCUT2D eigenvalue weighted by atomic mass is 16.1. The third-order valence-corrected chi connectivity index (χ3v) is 3.03. The molecule has 0 spiro atoms. The number of para-hydroxylation sites is 1. The minimum Gasteiger partial charge on any atom is -0.397 e. The van der Waals surface area contributed by atoms with Gasteiger partial charge in [0, 0.05) is 5.39 Å². The molecule has 6 heteroatoms. The lowest BCUT2D eigenvalue weighted by atomic mass is 10.2. The smallest absolute Gasteiger partial charge is 0.252 e. The number of rotatable bonds is 3. The molecule has 2 heterocycles. The Hall–Kier alpha value is -3.15. The van der Waals surface area contributed by atoms with Gasteiger partial charge in [0.15, 0.2) is 0 Å². The Bertz CT molecular complexity index is 831. The SMILES string of the molecule is NC(=O)c1cc(N)cnc1Nc1cnc2ccccc2c1. The molecule has 0 saturated heterocycles. The van der Waals surface area contributed by atoms with Crippen molar-refractivity contribution in [3.8, 4) is 0 Å². The number of nitrogens with two attached hydrogens (primary N) is 2. The third-order valence-electron chi connectivity index (χ3n) is 3.03. The van der Waals surface area contributed by atoms with Gasteiger partial charge in [0.1, 0.15) is 5.82 Å². The van der Waals surface area contributed by atoms with E-state index in [9.17, 15) is 4.79 Å². The number of carbonyl (C=O) groups is 1. The second-order valence-electron chi connectivity index (χ2n) is 4.57. The number of amides is 1. The Kier molecular flexibility index (Phi) is 3.12. The Morgan fingerprint density at radius 3 is 2.71 bits per heavy atom. The molecule has 2 aromatic heterocycles. The van der Waals surface area contributed by atoms with E-state index in [0.717, 1.165) is 10.9 Å². The van der Waals surface area contributed by atoms with E-state index in [4.69, 9.17) is 11.5 Å². The van der Waals surface area contributed by atoms with Crippen LogP contribution in [-0.4, -0.2) is 15.9 Å². The maximum Gasteiger partial charge on any atom is 0.252 e. The van der Waals surface area contributed by atoms with Crippen molar-refractivity contribution in [3.63, 3.8) is 0 Å². The summed E-state index contributed by atoms with van der Waals surface area (Å²) in [5, 5.41) is 4.03. The summed E-state index contributed by atoms with van der Waals surface area (Å²) in [6.07, 6.45) is 3.13. The summed E-state index contributed by atoms with van der Waals surface area (Å²) in [5.74, 6) is -0.236. The molecule has 3 rings (SSSR count). The Balaban J connectivity index is 2.00. The van der Waals surface area contributed by atoms with E-state index in [0.29, 0.717) is 17.2 Å². The van der Waals surface area contributed by atoms with Crippen molar-refractivity contribution in [1.82, 2.24) is 9.97 Å². The average Bonchev–Trinajstić information content (AvgIpc) is 2.49. The monoisotopic (exact) mass is 279 g/mol. The van der Waals surface area contributed by atoms with Crippen LogP contribution < -0.4 is 16.8 Å². The molecule has 3 aromatic rings. The second-order valence-corrected chi connectivity index (χ2v) is 4.57. The van der Waals surface area contributed by atoms with Crippen LogP contribution >= 0.6 is 0 Å². The molecule has 0 fully saturated rings. The van der Waals surface area contributed by atoms with Crippen LogP contribution in [0.1, 0.15) is 10.4 Å². The summed E-state index contributed by atoms with van der Waals surface area (Å²) in [7, 11) is 0. The molecule has 0 atom stereocenters. The van der Waals surface area contributed by atoms with Crippen LogP contribution in [0.4, 0.5) is 17.2 Å². The van der Waals surface area contributed by atoms with E-state index in [-0.39, 0.29) is 5.56 Å². The molecule has 21 heavy (non-hydrogen) atoms. The molecule has 104 valence electrons. The number of primary amides is 1. The predicted molar refractivity (Wildman–Crippen MR) is 82.2 cm³/mol. The number of anilines is 3. The van der Waals surface area contributed by atoms with Gasteiger partial charge in [-0.25, -0.2) is 4.98 Å². The minimum atomic E-state index is -0.592. The quantitative estimate of drug-likeness (QED) is 0.680. The second kappa shape index (κ2) is 5.09. The molecule has 0 aliphatic heterocycles. The lowest BCUT2D eigenvalue weighted by Crippen LogP contribution is -2.14. The van der Waals surface area contributed by atoms with Crippen molar-refractivity contribution in [2.75, 3.05) is 11.1 Å². The van der Waals surface area contributed by atoms with Crippen molar-refractivity contribution in [2.45, 2.75) is 0 Å². The molecule has 5 N–H and O–H groups in total. The zero-order chi connectivity index (χ0) is 14.8. The van der Waals surface area contributed by atoms with Crippen molar-refractivity contribution < 1.29 is 4.79 Å². The van der Waals surface area contributed by atoms with Crippen LogP contribution in [0.2, 0.25) is 0 Å². The highest BCUT2D eigenvalue weighted by Crippen LogP contribution is 2.22. The number of benzene rings is 1. The summed E-state index contributed by atoms with van der Waals surface area (Å²) in [4.78, 5) is 19.9. The Labute approximate surface area is 120 Å². The fraction of sp³-hybridized carbons (Fsp3) is 0. The van der Waals surface area contributed by atoms with Gasteiger partial charge in [-0.05, 0) is 18.2 Å². The first-order valence-corrected chi connectivity index (χ1v) is 6.30. The van der Waals surface area contributed by atoms with Crippen LogP contribution in [0, 0.1) is 0 Å².